The van der Waals surface area contributed by atoms with E-state index >= 15 is 0 Å². The molecule has 0 fully saturated rings. The Morgan fingerprint density at radius 3 is 2.41 bits per heavy atom. The van der Waals surface area contributed by atoms with Crippen molar-refractivity contribution in [1.29, 1.82) is 0 Å². The van der Waals surface area contributed by atoms with Gasteiger partial charge in [0.25, 0.3) is 0 Å². The van der Waals surface area contributed by atoms with Gasteiger partial charge in [-0.05, 0) is 42.7 Å². The second-order valence-corrected chi connectivity index (χ2v) is 6.67. The van der Waals surface area contributed by atoms with Crippen molar-refractivity contribution in [2.75, 3.05) is 5.32 Å². The predicted molar refractivity (Wildman–Crippen MR) is 110 cm³/mol. The Morgan fingerprint density at radius 2 is 1.74 bits per heavy atom. The Hall–Kier alpha value is -2.66. The molecule has 2 N–H and O–H groups in total. The SMILES string of the molecule is CC/C(Cc1ccccc1)=N\NC(=O)CCC(=O)Nc1ccc(Cl)cc1C. The number of hydrazone groups is 1. The summed E-state index contributed by atoms with van der Waals surface area (Å²) in [4.78, 5) is 24.0. The number of hydrogen-bond acceptors (Lipinski definition) is 3. The molecule has 6 heteroatoms. The Bertz CT molecular complexity index is 819. The minimum absolute atomic E-state index is 0.0737. The molecule has 27 heavy (non-hydrogen) atoms. The highest BCUT2D eigenvalue weighted by molar-refractivity contribution is 6.30. The lowest BCUT2D eigenvalue weighted by atomic mass is 10.1. The number of benzene rings is 2. The zero-order valence-corrected chi connectivity index (χ0v) is 16.3. The van der Waals surface area contributed by atoms with E-state index in [-0.39, 0.29) is 24.7 Å². The summed E-state index contributed by atoms with van der Waals surface area (Å²) in [6.07, 6.45) is 1.59. The fourth-order valence-corrected chi connectivity index (χ4v) is 2.71. The van der Waals surface area contributed by atoms with Crippen LogP contribution in [0.4, 0.5) is 5.69 Å². The molecule has 0 spiro atoms. The normalized spacial score (nSPS) is 11.1. The number of aryl methyl sites for hydroxylation is 1. The summed E-state index contributed by atoms with van der Waals surface area (Å²) in [6.45, 7) is 3.86. The van der Waals surface area contributed by atoms with Crippen LogP contribution in [-0.2, 0) is 16.0 Å². The number of halogens is 1. The van der Waals surface area contributed by atoms with Crippen LogP contribution in [0.1, 0.15) is 37.3 Å². The Labute approximate surface area is 164 Å². The molecule has 0 aliphatic heterocycles. The minimum Gasteiger partial charge on any atom is -0.326 e. The lowest BCUT2D eigenvalue weighted by Gasteiger charge is -2.09. The van der Waals surface area contributed by atoms with E-state index in [0.29, 0.717) is 17.1 Å². The molecule has 0 heterocycles. The molecule has 0 aromatic heterocycles. The van der Waals surface area contributed by atoms with Crippen molar-refractivity contribution in [3.05, 3.63) is 64.7 Å². The molecule has 2 amide bonds. The van der Waals surface area contributed by atoms with Gasteiger partial charge in [-0.25, -0.2) is 5.43 Å². The summed E-state index contributed by atoms with van der Waals surface area (Å²) in [5, 5.41) is 7.60. The molecule has 0 saturated heterocycles. The van der Waals surface area contributed by atoms with Crippen LogP contribution in [0.15, 0.2) is 53.6 Å². The van der Waals surface area contributed by atoms with E-state index in [9.17, 15) is 9.59 Å². The molecular weight excluding hydrogens is 362 g/mol. The molecule has 2 aromatic rings. The van der Waals surface area contributed by atoms with Gasteiger partial charge in [0.2, 0.25) is 11.8 Å². The Kier molecular flexibility index (Phi) is 8.01. The van der Waals surface area contributed by atoms with Gasteiger partial charge >= 0.3 is 0 Å². The number of nitrogens with zero attached hydrogens (tertiary/aromatic N) is 1. The second-order valence-electron chi connectivity index (χ2n) is 6.24. The first-order valence-electron chi connectivity index (χ1n) is 8.92. The quantitative estimate of drug-likeness (QED) is 0.519. The van der Waals surface area contributed by atoms with Crippen molar-refractivity contribution in [2.45, 2.75) is 39.5 Å². The van der Waals surface area contributed by atoms with E-state index in [4.69, 9.17) is 11.6 Å². The first-order chi connectivity index (χ1) is 13.0. The third-order valence-corrected chi connectivity index (χ3v) is 4.27. The molecule has 2 rings (SSSR count). The molecule has 0 aliphatic rings. The zero-order chi connectivity index (χ0) is 19.6. The fraction of sp³-hybridized carbons (Fsp3) is 0.286. The topological polar surface area (TPSA) is 70.6 Å². The Morgan fingerprint density at radius 1 is 1.04 bits per heavy atom. The van der Waals surface area contributed by atoms with Crippen LogP contribution in [-0.4, -0.2) is 17.5 Å². The van der Waals surface area contributed by atoms with Gasteiger partial charge in [-0.15, -0.1) is 0 Å². The molecule has 0 unspecified atom stereocenters. The molecule has 142 valence electrons. The lowest BCUT2D eigenvalue weighted by molar-refractivity contribution is -0.124. The lowest BCUT2D eigenvalue weighted by Crippen LogP contribution is -2.22. The van der Waals surface area contributed by atoms with Crippen molar-refractivity contribution < 1.29 is 9.59 Å². The number of hydrogen-bond donors (Lipinski definition) is 2. The van der Waals surface area contributed by atoms with Crippen LogP contribution < -0.4 is 10.7 Å². The summed E-state index contributed by atoms with van der Waals surface area (Å²) in [6, 6.07) is 15.2. The predicted octanol–water partition coefficient (Wildman–Crippen LogP) is 4.49. The minimum atomic E-state index is -0.281. The van der Waals surface area contributed by atoms with E-state index in [1.807, 2.05) is 44.2 Å². The average molecular weight is 386 g/mol. The third-order valence-electron chi connectivity index (χ3n) is 4.04. The molecule has 0 bridgehead atoms. The molecule has 5 nitrogen and oxygen atoms in total. The van der Waals surface area contributed by atoms with Gasteiger partial charge < -0.3 is 5.32 Å². The van der Waals surface area contributed by atoms with E-state index in [2.05, 4.69) is 15.8 Å². The number of nitrogens with one attached hydrogen (secondary N) is 2. The van der Waals surface area contributed by atoms with Gasteiger partial charge in [-0.2, -0.15) is 5.10 Å². The Balaban J connectivity index is 1.79. The van der Waals surface area contributed by atoms with Crippen LogP contribution in [0.3, 0.4) is 0 Å². The molecule has 0 radical (unpaired) electrons. The maximum absolute atomic E-state index is 12.0. The van der Waals surface area contributed by atoms with E-state index in [1.54, 1.807) is 18.2 Å². The largest absolute Gasteiger partial charge is 0.326 e. The maximum Gasteiger partial charge on any atom is 0.240 e. The maximum atomic E-state index is 12.0. The number of rotatable bonds is 8. The van der Waals surface area contributed by atoms with Crippen molar-refractivity contribution >= 4 is 34.8 Å². The van der Waals surface area contributed by atoms with Crippen LogP contribution in [0.25, 0.3) is 0 Å². The first-order valence-corrected chi connectivity index (χ1v) is 9.30. The summed E-state index contributed by atoms with van der Waals surface area (Å²) in [7, 11) is 0. The van der Waals surface area contributed by atoms with E-state index < -0.39 is 0 Å². The summed E-state index contributed by atoms with van der Waals surface area (Å²) in [5.74, 6) is -0.503. The van der Waals surface area contributed by atoms with Crippen LogP contribution in [0, 0.1) is 6.92 Å². The van der Waals surface area contributed by atoms with Crippen molar-refractivity contribution in [3.8, 4) is 0 Å². The summed E-state index contributed by atoms with van der Waals surface area (Å²) >= 11 is 5.90. The molecule has 0 atom stereocenters. The highest BCUT2D eigenvalue weighted by Crippen LogP contribution is 2.19. The first kappa shape index (κ1) is 20.6. The van der Waals surface area contributed by atoms with Gasteiger partial charge in [0, 0.05) is 35.7 Å². The molecular formula is C21H24ClN3O2. The summed E-state index contributed by atoms with van der Waals surface area (Å²) in [5.41, 5.74) is 6.14. The van der Waals surface area contributed by atoms with Gasteiger partial charge in [-0.3, -0.25) is 9.59 Å². The van der Waals surface area contributed by atoms with Gasteiger partial charge in [0.15, 0.2) is 0 Å². The number of anilines is 1. The number of carbonyl (C=O) groups excluding carboxylic acids is 2. The van der Waals surface area contributed by atoms with E-state index in [0.717, 1.165) is 23.3 Å². The number of amides is 2. The smallest absolute Gasteiger partial charge is 0.240 e. The highest BCUT2D eigenvalue weighted by Gasteiger charge is 2.09. The second kappa shape index (κ2) is 10.5. The van der Waals surface area contributed by atoms with Gasteiger partial charge in [0.1, 0.15) is 0 Å². The number of carbonyl (C=O) groups is 2. The third kappa shape index (κ3) is 7.23. The molecule has 0 saturated carbocycles. The summed E-state index contributed by atoms with van der Waals surface area (Å²) < 4.78 is 0. The monoisotopic (exact) mass is 385 g/mol. The van der Waals surface area contributed by atoms with Crippen molar-refractivity contribution in [3.63, 3.8) is 0 Å². The molecule has 2 aromatic carbocycles. The van der Waals surface area contributed by atoms with Crippen molar-refractivity contribution in [1.82, 2.24) is 5.43 Å². The molecule has 0 aliphatic carbocycles. The van der Waals surface area contributed by atoms with Gasteiger partial charge in [0.05, 0.1) is 0 Å². The van der Waals surface area contributed by atoms with Gasteiger partial charge in [-0.1, -0.05) is 48.9 Å². The fourth-order valence-electron chi connectivity index (χ4n) is 2.48. The average Bonchev–Trinajstić information content (AvgIpc) is 2.66. The van der Waals surface area contributed by atoms with Crippen LogP contribution >= 0.6 is 11.6 Å². The van der Waals surface area contributed by atoms with Crippen molar-refractivity contribution in [2.24, 2.45) is 5.10 Å². The zero-order valence-electron chi connectivity index (χ0n) is 15.6. The van der Waals surface area contributed by atoms with E-state index in [1.165, 1.54) is 0 Å². The standard InChI is InChI=1S/C21H24ClN3O2/c1-3-18(14-16-7-5-4-6-8-16)24-25-21(27)12-11-20(26)23-19-10-9-17(22)13-15(19)2/h4-10,13H,3,11-12,14H2,1-2H3,(H,23,26)(H,25,27)/b24-18+. The highest BCUT2D eigenvalue weighted by atomic mass is 35.5. The van der Waals surface area contributed by atoms with Crippen LogP contribution in [0.5, 0.6) is 0 Å². The van der Waals surface area contributed by atoms with Crippen LogP contribution in [0.2, 0.25) is 5.02 Å².